The third kappa shape index (κ3) is 3.51. The van der Waals surface area contributed by atoms with Gasteiger partial charge in [-0.15, -0.1) is 0 Å². The molecule has 1 heterocycles. The van der Waals surface area contributed by atoms with Crippen LogP contribution in [-0.2, 0) is 4.79 Å². The van der Waals surface area contributed by atoms with E-state index >= 15 is 0 Å². The van der Waals surface area contributed by atoms with Gasteiger partial charge in [-0.3, -0.25) is 14.9 Å². The molecule has 100 valence electrons. The average molecular weight is 298 g/mol. The van der Waals surface area contributed by atoms with Crippen LogP contribution in [0.1, 0.15) is 16.8 Å². The lowest BCUT2D eigenvalue weighted by molar-refractivity contribution is -0.112. The van der Waals surface area contributed by atoms with Crippen molar-refractivity contribution < 1.29 is 14.0 Å². The van der Waals surface area contributed by atoms with Gasteiger partial charge in [-0.25, -0.2) is 4.39 Å². The third-order valence-electron chi connectivity index (χ3n) is 2.59. The van der Waals surface area contributed by atoms with Crippen molar-refractivity contribution in [3.63, 3.8) is 0 Å². The number of carbonyl (C=O) groups excluding carboxylic acids is 2. The molecule has 2 rings (SSSR count). The van der Waals surface area contributed by atoms with E-state index in [1.165, 1.54) is 30.0 Å². The normalized spacial score (nSPS) is 18.2. The molecule has 7 heteroatoms. The zero-order valence-electron chi connectivity index (χ0n) is 9.81. The number of thioether (sulfide) groups is 1. The standard InChI is InChI=1S/C12H11FN2O2S2/c13-8-4-2-1-3-7(8)10(16)15-12(18)14-9-5-6-19-11(9)17/h1-4,9H,5-6H2,(H2,14,15,16,18)/t9-/m0/s1. The molecule has 0 radical (unpaired) electrons. The number of nitrogens with one attached hydrogen (secondary N) is 2. The Balaban J connectivity index is 1.94. The molecule has 0 aliphatic carbocycles. The number of hydrogen-bond donors (Lipinski definition) is 2. The number of halogens is 1. The molecular formula is C12H11FN2O2S2. The Labute approximate surface area is 119 Å². The molecule has 1 fully saturated rings. The molecule has 1 aromatic carbocycles. The fourth-order valence-electron chi connectivity index (χ4n) is 1.64. The molecule has 1 atom stereocenters. The Hall–Kier alpha value is -1.47. The van der Waals surface area contributed by atoms with E-state index in [1.807, 2.05) is 0 Å². The van der Waals surface area contributed by atoms with Crippen LogP contribution < -0.4 is 10.6 Å². The van der Waals surface area contributed by atoms with E-state index in [0.29, 0.717) is 6.42 Å². The van der Waals surface area contributed by atoms with Gasteiger partial charge in [0, 0.05) is 5.75 Å². The number of hydrogen-bond acceptors (Lipinski definition) is 4. The molecule has 19 heavy (non-hydrogen) atoms. The average Bonchev–Trinajstić information content (AvgIpc) is 2.75. The van der Waals surface area contributed by atoms with Crippen LogP contribution in [0.3, 0.4) is 0 Å². The molecule has 0 bridgehead atoms. The maximum Gasteiger partial charge on any atom is 0.260 e. The minimum Gasteiger partial charge on any atom is -0.352 e. The first kappa shape index (κ1) is 14.0. The van der Waals surface area contributed by atoms with Gasteiger partial charge < -0.3 is 5.32 Å². The molecule has 1 aliphatic heterocycles. The van der Waals surface area contributed by atoms with Crippen LogP contribution in [0.5, 0.6) is 0 Å². The van der Waals surface area contributed by atoms with Crippen molar-refractivity contribution in [2.75, 3.05) is 5.75 Å². The van der Waals surface area contributed by atoms with E-state index in [-0.39, 0.29) is 21.8 Å². The van der Waals surface area contributed by atoms with Crippen molar-refractivity contribution in [2.45, 2.75) is 12.5 Å². The van der Waals surface area contributed by atoms with Crippen LogP contribution in [-0.4, -0.2) is 27.9 Å². The fourth-order valence-corrected chi connectivity index (χ4v) is 2.80. The molecule has 0 unspecified atom stereocenters. The van der Waals surface area contributed by atoms with Gasteiger partial charge in [0.15, 0.2) is 5.11 Å². The lowest BCUT2D eigenvalue weighted by Crippen LogP contribution is -2.45. The minimum absolute atomic E-state index is 0.00231. The largest absolute Gasteiger partial charge is 0.352 e. The van der Waals surface area contributed by atoms with E-state index in [0.717, 1.165) is 5.75 Å². The van der Waals surface area contributed by atoms with Gasteiger partial charge in [-0.2, -0.15) is 0 Å². The molecule has 2 N–H and O–H groups in total. The quantitative estimate of drug-likeness (QED) is 0.810. The van der Waals surface area contributed by atoms with Crippen molar-refractivity contribution in [3.05, 3.63) is 35.6 Å². The number of carbonyl (C=O) groups is 2. The van der Waals surface area contributed by atoms with Gasteiger partial charge in [0.05, 0.1) is 11.6 Å². The summed E-state index contributed by atoms with van der Waals surface area (Å²) in [4.78, 5) is 23.2. The first-order valence-corrected chi connectivity index (χ1v) is 7.00. The summed E-state index contributed by atoms with van der Waals surface area (Å²) in [6.45, 7) is 0. The molecule has 0 aromatic heterocycles. The predicted molar refractivity (Wildman–Crippen MR) is 75.5 cm³/mol. The first-order valence-electron chi connectivity index (χ1n) is 5.61. The topological polar surface area (TPSA) is 58.2 Å². The highest BCUT2D eigenvalue weighted by Gasteiger charge is 2.26. The smallest absolute Gasteiger partial charge is 0.260 e. The number of amides is 1. The second-order valence-corrected chi connectivity index (χ2v) is 5.42. The predicted octanol–water partition coefficient (Wildman–Crippen LogP) is 1.46. The van der Waals surface area contributed by atoms with Gasteiger partial charge in [-0.05, 0) is 30.8 Å². The second-order valence-electron chi connectivity index (χ2n) is 3.92. The molecule has 0 saturated carbocycles. The monoisotopic (exact) mass is 298 g/mol. The first-order chi connectivity index (χ1) is 9.08. The molecule has 1 saturated heterocycles. The number of thiocarbonyl (C=S) groups is 1. The Morgan fingerprint density at radius 2 is 2.16 bits per heavy atom. The fraction of sp³-hybridized carbons (Fsp3) is 0.250. The Morgan fingerprint density at radius 3 is 2.79 bits per heavy atom. The summed E-state index contributed by atoms with van der Waals surface area (Å²) >= 11 is 6.17. The molecular weight excluding hydrogens is 287 g/mol. The number of benzene rings is 1. The summed E-state index contributed by atoms with van der Waals surface area (Å²) in [5.74, 6) is -0.510. The summed E-state index contributed by atoms with van der Waals surface area (Å²) in [6, 6.07) is 5.24. The maximum atomic E-state index is 13.4. The van der Waals surface area contributed by atoms with Crippen molar-refractivity contribution >= 4 is 40.1 Å². The maximum absolute atomic E-state index is 13.4. The summed E-state index contributed by atoms with van der Waals surface area (Å²) in [5.41, 5.74) is -0.0845. The van der Waals surface area contributed by atoms with Crippen LogP contribution in [0.4, 0.5) is 4.39 Å². The number of rotatable bonds is 2. The molecule has 4 nitrogen and oxygen atoms in total. The van der Waals surface area contributed by atoms with Gasteiger partial charge in [0.25, 0.3) is 5.91 Å². The second kappa shape index (κ2) is 6.12. The Kier molecular flexibility index (Phi) is 4.49. The lowest BCUT2D eigenvalue weighted by atomic mass is 10.2. The van der Waals surface area contributed by atoms with Crippen LogP contribution >= 0.6 is 24.0 Å². The lowest BCUT2D eigenvalue weighted by Gasteiger charge is -2.13. The van der Waals surface area contributed by atoms with E-state index in [2.05, 4.69) is 10.6 Å². The highest BCUT2D eigenvalue weighted by atomic mass is 32.2. The summed E-state index contributed by atoms with van der Waals surface area (Å²) < 4.78 is 13.4. The summed E-state index contributed by atoms with van der Waals surface area (Å²) in [6.07, 6.45) is 0.666. The minimum atomic E-state index is -0.631. The van der Waals surface area contributed by atoms with Crippen LogP contribution in [0, 0.1) is 5.82 Å². The molecule has 0 spiro atoms. The SMILES string of the molecule is O=C(NC(=S)N[C@H]1CCSC1=O)c1ccccc1F. The highest BCUT2D eigenvalue weighted by molar-refractivity contribution is 8.14. The zero-order chi connectivity index (χ0) is 13.8. The van der Waals surface area contributed by atoms with E-state index in [1.54, 1.807) is 6.07 Å². The van der Waals surface area contributed by atoms with E-state index in [4.69, 9.17) is 12.2 Å². The van der Waals surface area contributed by atoms with Gasteiger partial charge in [0.2, 0.25) is 5.12 Å². The Morgan fingerprint density at radius 1 is 1.42 bits per heavy atom. The van der Waals surface area contributed by atoms with Crippen LogP contribution in [0.2, 0.25) is 0 Å². The molecule has 1 aliphatic rings. The highest BCUT2D eigenvalue weighted by Crippen LogP contribution is 2.19. The van der Waals surface area contributed by atoms with Crippen molar-refractivity contribution in [2.24, 2.45) is 0 Å². The van der Waals surface area contributed by atoms with Crippen molar-refractivity contribution in [3.8, 4) is 0 Å². The zero-order valence-corrected chi connectivity index (χ0v) is 11.4. The van der Waals surface area contributed by atoms with Gasteiger partial charge in [0.1, 0.15) is 5.82 Å². The van der Waals surface area contributed by atoms with E-state index in [9.17, 15) is 14.0 Å². The van der Waals surface area contributed by atoms with Crippen LogP contribution in [0.25, 0.3) is 0 Å². The van der Waals surface area contributed by atoms with Crippen molar-refractivity contribution in [1.82, 2.24) is 10.6 Å². The molecule has 1 amide bonds. The summed E-state index contributed by atoms with van der Waals surface area (Å²) in [7, 11) is 0. The molecule has 1 aromatic rings. The van der Waals surface area contributed by atoms with Gasteiger partial charge >= 0.3 is 0 Å². The van der Waals surface area contributed by atoms with Gasteiger partial charge in [-0.1, -0.05) is 23.9 Å². The Bertz CT molecular complexity index is 536. The van der Waals surface area contributed by atoms with Crippen molar-refractivity contribution in [1.29, 1.82) is 0 Å². The van der Waals surface area contributed by atoms with E-state index < -0.39 is 11.7 Å². The van der Waals surface area contributed by atoms with Crippen LogP contribution in [0.15, 0.2) is 24.3 Å². The third-order valence-corrected chi connectivity index (χ3v) is 3.82. The summed E-state index contributed by atoms with van der Waals surface area (Å²) in [5, 5.41) is 5.16.